The lowest BCUT2D eigenvalue weighted by Gasteiger charge is -2.23. The van der Waals surface area contributed by atoms with Crippen molar-refractivity contribution < 1.29 is 23.5 Å². The Balaban J connectivity index is 1.51. The summed E-state index contributed by atoms with van der Waals surface area (Å²) >= 11 is 1.14. The van der Waals surface area contributed by atoms with Gasteiger partial charge in [-0.05, 0) is 49.2 Å². The molecule has 1 aromatic heterocycles. The molecule has 1 atom stereocenters. The Morgan fingerprint density at radius 3 is 2.44 bits per heavy atom. The van der Waals surface area contributed by atoms with Crippen LogP contribution in [0.5, 0.6) is 11.5 Å². The Kier molecular flexibility index (Phi) is 6.31. The van der Waals surface area contributed by atoms with Crippen molar-refractivity contribution in [3.8, 4) is 11.5 Å². The zero-order chi connectivity index (χ0) is 22.7. The number of hydrogen-bond acceptors (Lipinski definition) is 7. The van der Waals surface area contributed by atoms with Crippen molar-refractivity contribution in [2.24, 2.45) is 0 Å². The zero-order valence-corrected chi connectivity index (χ0v) is 18.3. The van der Waals surface area contributed by atoms with Gasteiger partial charge in [0.1, 0.15) is 22.3 Å². The van der Waals surface area contributed by atoms with Gasteiger partial charge in [-0.15, -0.1) is 10.2 Å². The molecule has 1 aliphatic rings. The van der Waals surface area contributed by atoms with Crippen molar-refractivity contribution in [2.75, 3.05) is 26.1 Å². The predicted molar refractivity (Wildman–Crippen MR) is 117 cm³/mol. The molecule has 0 saturated carbocycles. The van der Waals surface area contributed by atoms with E-state index in [9.17, 15) is 14.0 Å². The molecular weight excluding hydrogens is 435 g/mol. The van der Waals surface area contributed by atoms with Gasteiger partial charge in [-0.1, -0.05) is 11.3 Å². The fraction of sp³-hybridized carbons (Fsp3) is 0.273. The van der Waals surface area contributed by atoms with Crippen LogP contribution in [0.2, 0.25) is 0 Å². The highest BCUT2D eigenvalue weighted by Gasteiger charge is 2.34. The van der Waals surface area contributed by atoms with Gasteiger partial charge >= 0.3 is 0 Å². The Labute approximate surface area is 188 Å². The smallest absolute Gasteiger partial charge is 0.286 e. The van der Waals surface area contributed by atoms with Gasteiger partial charge in [0.15, 0.2) is 0 Å². The number of halogens is 1. The average Bonchev–Trinajstić information content (AvgIpc) is 3.49. The lowest BCUT2D eigenvalue weighted by molar-refractivity contribution is 0.0734. The van der Waals surface area contributed by atoms with Gasteiger partial charge < -0.3 is 19.7 Å². The molecule has 1 aliphatic heterocycles. The zero-order valence-electron chi connectivity index (χ0n) is 17.5. The summed E-state index contributed by atoms with van der Waals surface area (Å²) in [7, 11) is 3.06. The summed E-state index contributed by atoms with van der Waals surface area (Å²) in [6, 6.07) is 10.2. The van der Waals surface area contributed by atoms with Crippen LogP contribution in [-0.2, 0) is 0 Å². The molecule has 10 heteroatoms. The highest BCUT2D eigenvalue weighted by atomic mass is 32.1. The molecule has 1 N–H and O–H groups in total. The van der Waals surface area contributed by atoms with Gasteiger partial charge in [0.2, 0.25) is 5.01 Å². The molecule has 2 amide bonds. The number of benzene rings is 2. The number of likely N-dealkylation sites (tertiary alicyclic amines) is 1. The SMILES string of the molecule is COc1cc(OC)cc(C(=O)N2CCC[C@@H]2c2nnc(C(=O)Nc3ccc(F)cc3)s2)c1. The molecular formula is C22H21FN4O4S. The van der Waals surface area contributed by atoms with E-state index in [-0.39, 0.29) is 22.8 Å². The largest absolute Gasteiger partial charge is 0.497 e. The average molecular weight is 456 g/mol. The maximum atomic E-state index is 13.2. The van der Waals surface area contributed by atoms with Gasteiger partial charge in [0.25, 0.3) is 11.8 Å². The van der Waals surface area contributed by atoms with Crippen molar-refractivity contribution in [3.05, 3.63) is 63.9 Å². The third-order valence-corrected chi connectivity index (χ3v) is 6.16. The number of ether oxygens (including phenoxy) is 2. The molecule has 3 aromatic rings. The number of aromatic nitrogens is 2. The maximum absolute atomic E-state index is 13.2. The van der Waals surface area contributed by atoms with Crippen LogP contribution in [-0.4, -0.2) is 47.7 Å². The number of carbonyl (C=O) groups is 2. The maximum Gasteiger partial charge on any atom is 0.286 e. The molecule has 0 bridgehead atoms. The number of hydrogen-bond donors (Lipinski definition) is 1. The summed E-state index contributed by atoms with van der Waals surface area (Å²) in [5.74, 6) is 0.0602. The van der Waals surface area contributed by atoms with Crippen LogP contribution in [0.25, 0.3) is 0 Å². The molecule has 166 valence electrons. The number of nitrogens with zero attached hydrogens (tertiary/aromatic N) is 3. The lowest BCUT2D eigenvalue weighted by Crippen LogP contribution is -2.30. The first-order chi connectivity index (χ1) is 15.5. The quantitative estimate of drug-likeness (QED) is 0.604. The molecule has 1 saturated heterocycles. The summed E-state index contributed by atoms with van der Waals surface area (Å²) in [5.41, 5.74) is 0.907. The van der Waals surface area contributed by atoms with Gasteiger partial charge in [-0.2, -0.15) is 0 Å². The van der Waals surface area contributed by atoms with Crippen LogP contribution in [0.15, 0.2) is 42.5 Å². The van der Waals surface area contributed by atoms with Crippen molar-refractivity contribution in [1.82, 2.24) is 15.1 Å². The number of carbonyl (C=O) groups excluding carboxylic acids is 2. The standard InChI is InChI=1S/C22H21FN4O4S/c1-30-16-10-13(11-17(12-16)31-2)22(29)27-9-3-4-18(27)20-25-26-21(32-20)19(28)24-15-7-5-14(23)6-8-15/h5-8,10-12,18H,3-4,9H2,1-2H3,(H,24,28)/t18-/m1/s1. The number of rotatable bonds is 6. The van der Waals surface area contributed by atoms with Crippen LogP contribution in [0.1, 0.15) is 44.1 Å². The minimum atomic E-state index is -0.436. The fourth-order valence-electron chi connectivity index (χ4n) is 3.54. The molecule has 8 nitrogen and oxygen atoms in total. The second-order valence-electron chi connectivity index (χ2n) is 7.16. The van der Waals surface area contributed by atoms with Gasteiger partial charge in [0.05, 0.1) is 20.3 Å². The molecule has 1 fully saturated rings. The Hall–Kier alpha value is -3.53. The summed E-state index contributed by atoms with van der Waals surface area (Å²) in [5, 5.41) is 11.6. The molecule has 32 heavy (non-hydrogen) atoms. The van der Waals surface area contributed by atoms with Crippen molar-refractivity contribution in [3.63, 3.8) is 0 Å². The Morgan fingerprint density at radius 2 is 1.78 bits per heavy atom. The molecule has 4 rings (SSSR count). The first-order valence-corrected chi connectivity index (χ1v) is 10.7. The lowest BCUT2D eigenvalue weighted by atomic mass is 10.1. The summed E-state index contributed by atoms with van der Waals surface area (Å²) < 4.78 is 23.6. The highest BCUT2D eigenvalue weighted by molar-refractivity contribution is 7.13. The van der Waals surface area contributed by atoms with E-state index in [1.807, 2.05) is 0 Å². The van der Waals surface area contributed by atoms with E-state index in [2.05, 4.69) is 15.5 Å². The first-order valence-electron chi connectivity index (χ1n) is 9.93. The predicted octanol–water partition coefficient (Wildman–Crippen LogP) is 3.92. The molecule has 0 spiro atoms. The van der Waals surface area contributed by atoms with E-state index >= 15 is 0 Å². The minimum absolute atomic E-state index is 0.169. The van der Waals surface area contributed by atoms with Crippen molar-refractivity contribution >= 4 is 28.8 Å². The monoisotopic (exact) mass is 456 g/mol. The topological polar surface area (TPSA) is 93.7 Å². The molecule has 0 radical (unpaired) electrons. The van der Waals surface area contributed by atoms with E-state index in [0.29, 0.717) is 34.3 Å². The van der Waals surface area contributed by atoms with Crippen molar-refractivity contribution in [2.45, 2.75) is 18.9 Å². The number of nitrogens with one attached hydrogen (secondary N) is 1. The third kappa shape index (κ3) is 4.54. The van der Waals surface area contributed by atoms with Gasteiger partial charge in [0, 0.05) is 23.9 Å². The van der Waals surface area contributed by atoms with Crippen molar-refractivity contribution in [1.29, 1.82) is 0 Å². The highest BCUT2D eigenvalue weighted by Crippen LogP contribution is 2.35. The molecule has 0 aliphatic carbocycles. The van der Waals surface area contributed by atoms with E-state index in [4.69, 9.17) is 9.47 Å². The first kappa shape index (κ1) is 21.7. The van der Waals surface area contributed by atoms with Crippen LogP contribution < -0.4 is 14.8 Å². The minimum Gasteiger partial charge on any atom is -0.497 e. The molecule has 2 aromatic carbocycles. The summed E-state index contributed by atoms with van der Waals surface area (Å²) in [4.78, 5) is 27.5. The van der Waals surface area contributed by atoms with Crippen LogP contribution in [0.3, 0.4) is 0 Å². The number of anilines is 1. The second kappa shape index (κ2) is 9.31. The van der Waals surface area contributed by atoms with Crippen LogP contribution >= 0.6 is 11.3 Å². The summed E-state index contributed by atoms with van der Waals surface area (Å²) in [6.07, 6.45) is 1.54. The number of amides is 2. The van der Waals surface area contributed by atoms with Crippen LogP contribution in [0.4, 0.5) is 10.1 Å². The van der Waals surface area contributed by atoms with E-state index in [0.717, 1.165) is 24.2 Å². The van der Waals surface area contributed by atoms with Crippen LogP contribution in [0, 0.1) is 5.82 Å². The second-order valence-corrected chi connectivity index (χ2v) is 8.17. The van der Waals surface area contributed by atoms with E-state index in [1.165, 1.54) is 38.5 Å². The molecule has 2 heterocycles. The summed E-state index contributed by atoms with van der Waals surface area (Å²) in [6.45, 7) is 0.569. The normalized spacial score (nSPS) is 15.5. The van der Waals surface area contributed by atoms with E-state index < -0.39 is 5.91 Å². The third-order valence-electron chi connectivity index (χ3n) is 5.13. The van der Waals surface area contributed by atoms with Gasteiger partial charge in [-0.3, -0.25) is 9.59 Å². The van der Waals surface area contributed by atoms with E-state index in [1.54, 1.807) is 23.1 Å². The Bertz CT molecular complexity index is 1110. The number of methoxy groups -OCH3 is 2. The molecule has 0 unspecified atom stereocenters. The Morgan fingerprint density at radius 1 is 1.09 bits per heavy atom. The fourth-order valence-corrected chi connectivity index (χ4v) is 4.43. The van der Waals surface area contributed by atoms with Gasteiger partial charge in [-0.25, -0.2) is 4.39 Å².